The Hall–Kier alpha value is -3.95. The molecule has 0 saturated heterocycles. The van der Waals surface area contributed by atoms with Gasteiger partial charge in [0, 0.05) is 11.8 Å². The van der Waals surface area contributed by atoms with Crippen LogP contribution in [0.2, 0.25) is 0 Å². The van der Waals surface area contributed by atoms with Gasteiger partial charge in [0.05, 0.1) is 5.69 Å². The Morgan fingerprint density at radius 1 is 0.531 bits per heavy atom. The number of aromatic nitrogens is 1. The number of pyridine rings is 1. The number of para-hydroxylation sites is 2. The van der Waals surface area contributed by atoms with Gasteiger partial charge in [-0.1, -0.05) is 97.1 Å². The number of benzene rings is 4. The number of nitrogens with zero attached hydrogens (tertiary/aromatic N) is 1. The van der Waals surface area contributed by atoms with Crippen LogP contribution in [0.25, 0.3) is 11.3 Å². The largest absolute Gasteiger partial charge is 0.457 e. The first kappa shape index (κ1) is 18.8. The molecule has 0 spiro atoms. The van der Waals surface area contributed by atoms with E-state index in [-0.39, 0.29) is 0 Å². The molecule has 2 heterocycles. The summed E-state index contributed by atoms with van der Waals surface area (Å²) < 4.78 is 6.66. The Morgan fingerprint density at radius 3 is 1.84 bits per heavy atom. The maximum absolute atomic E-state index is 6.66. The molecule has 152 valence electrons. The van der Waals surface area contributed by atoms with Gasteiger partial charge in [-0.25, -0.2) is 0 Å². The summed E-state index contributed by atoms with van der Waals surface area (Å²) in [6.07, 6.45) is 1.84. The summed E-state index contributed by atoms with van der Waals surface area (Å²) in [4.78, 5) is 4.64. The average Bonchev–Trinajstić information content (AvgIpc) is 2.88. The molecule has 4 aromatic carbocycles. The third-order valence-electron chi connectivity index (χ3n) is 6.28. The van der Waals surface area contributed by atoms with E-state index in [9.17, 15) is 0 Å². The standard InChI is InChI=1S/C29H21NOSi/c1-3-12-22(13-4-1)32(23-14-5-2-6-15-23)27-19-8-7-18-26(27)31-29-24(16-11-20-28(29)32)25-17-9-10-21-30-25/h1-21H. The highest BCUT2D eigenvalue weighted by atomic mass is 28.3. The van der Waals surface area contributed by atoms with Crippen LogP contribution in [-0.4, -0.2) is 13.1 Å². The summed E-state index contributed by atoms with van der Waals surface area (Å²) in [6.45, 7) is 0. The van der Waals surface area contributed by atoms with E-state index < -0.39 is 8.07 Å². The summed E-state index contributed by atoms with van der Waals surface area (Å²) in [6, 6.07) is 42.9. The highest BCUT2D eigenvalue weighted by Gasteiger charge is 2.48. The molecule has 0 radical (unpaired) electrons. The molecule has 0 saturated carbocycles. The van der Waals surface area contributed by atoms with E-state index in [2.05, 4.69) is 108 Å². The lowest BCUT2D eigenvalue weighted by molar-refractivity contribution is 0.488. The summed E-state index contributed by atoms with van der Waals surface area (Å²) in [5.41, 5.74) is 1.95. The summed E-state index contributed by atoms with van der Waals surface area (Å²) in [7, 11) is -2.59. The van der Waals surface area contributed by atoms with E-state index in [1.165, 1.54) is 20.7 Å². The van der Waals surface area contributed by atoms with E-state index in [0.29, 0.717) is 0 Å². The second-order valence-electron chi connectivity index (χ2n) is 7.98. The maximum atomic E-state index is 6.66. The van der Waals surface area contributed by atoms with Gasteiger partial charge >= 0.3 is 0 Å². The van der Waals surface area contributed by atoms with Crippen molar-refractivity contribution in [3.05, 3.63) is 128 Å². The molecular formula is C29H21NOSi. The van der Waals surface area contributed by atoms with Crippen LogP contribution in [-0.2, 0) is 0 Å². The number of hydrogen-bond acceptors (Lipinski definition) is 2. The van der Waals surface area contributed by atoms with Gasteiger partial charge in [-0.2, -0.15) is 0 Å². The maximum Gasteiger partial charge on any atom is 0.188 e. The lowest BCUT2D eigenvalue weighted by Gasteiger charge is -2.40. The van der Waals surface area contributed by atoms with Crippen LogP contribution in [0.1, 0.15) is 0 Å². The van der Waals surface area contributed by atoms with Gasteiger partial charge in [-0.15, -0.1) is 0 Å². The minimum atomic E-state index is -2.59. The molecule has 1 aliphatic heterocycles. The number of hydrogen-bond donors (Lipinski definition) is 0. The molecule has 0 aliphatic carbocycles. The monoisotopic (exact) mass is 427 g/mol. The fraction of sp³-hybridized carbons (Fsp3) is 0. The molecule has 0 N–H and O–H groups in total. The lowest BCUT2D eigenvalue weighted by atomic mass is 10.1. The van der Waals surface area contributed by atoms with Crippen LogP contribution < -0.4 is 25.5 Å². The summed E-state index contributed by atoms with van der Waals surface area (Å²) in [5, 5.41) is 5.24. The Labute approximate surface area is 188 Å². The smallest absolute Gasteiger partial charge is 0.188 e. The normalized spacial score (nSPS) is 13.5. The van der Waals surface area contributed by atoms with E-state index >= 15 is 0 Å². The summed E-state index contributed by atoms with van der Waals surface area (Å²) >= 11 is 0. The van der Waals surface area contributed by atoms with E-state index in [4.69, 9.17) is 4.74 Å². The number of fused-ring (bicyclic) bond motifs is 2. The minimum absolute atomic E-state index is 0.921. The van der Waals surface area contributed by atoms with Gasteiger partial charge in [0.2, 0.25) is 0 Å². The molecule has 5 aromatic rings. The molecular weight excluding hydrogens is 406 g/mol. The minimum Gasteiger partial charge on any atom is -0.457 e. The molecule has 1 aromatic heterocycles. The highest BCUT2D eigenvalue weighted by Crippen LogP contribution is 2.36. The van der Waals surface area contributed by atoms with Gasteiger partial charge in [0.1, 0.15) is 11.5 Å². The predicted molar refractivity (Wildman–Crippen MR) is 133 cm³/mol. The molecule has 6 rings (SSSR count). The molecule has 0 atom stereocenters. The third kappa shape index (κ3) is 2.75. The predicted octanol–water partition coefficient (Wildman–Crippen LogP) is 4.23. The Morgan fingerprint density at radius 2 is 1.16 bits per heavy atom. The van der Waals surface area contributed by atoms with Crippen LogP contribution in [0.15, 0.2) is 128 Å². The van der Waals surface area contributed by atoms with Gasteiger partial charge in [0.25, 0.3) is 0 Å². The zero-order valence-corrected chi connectivity index (χ0v) is 18.5. The van der Waals surface area contributed by atoms with Crippen molar-refractivity contribution in [3.63, 3.8) is 0 Å². The zero-order valence-electron chi connectivity index (χ0n) is 17.5. The third-order valence-corrected chi connectivity index (χ3v) is 11.1. The van der Waals surface area contributed by atoms with Crippen molar-refractivity contribution in [2.45, 2.75) is 0 Å². The van der Waals surface area contributed by atoms with E-state index in [0.717, 1.165) is 22.8 Å². The van der Waals surface area contributed by atoms with Gasteiger partial charge in [0.15, 0.2) is 8.07 Å². The average molecular weight is 428 g/mol. The van der Waals surface area contributed by atoms with Crippen LogP contribution >= 0.6 is 0 Å². The van der Waals surface area contributed by atoms with Gasteiger partial charge in [-0.05, 0) is 45.0 Å². The summed E-state index contributed by atoms with van der Waals surface area (Å²) in [5.74, 6) is 1.85. The van der Waals surface area contributed by atoms with Crippen molar-refractivity contribution in [2.24, 2.45) is 0 Å². The Kier molecular flexibility index (Phi) is 4.48. The first-order valence-electron chi connectivity index (χ1n) is 10.8. The quantitative estimate of drug-likeness (QED) is 0.394. The molecule has 0 unspecified atom stereocenters. The van der Waals surface area contributed by atoms with Crippen molar-refractivity contribution < 1.29 is 4.74 Å². The molecule has 0 fully saturated rings. The van der Waals surface area contributed by atoms with Crippen LogP contribution in [0.5, 0.6) is 11.5 Å². The van der Waals surface area contributed by atoms with Gasteiger partial charge < -0.3 is 4.74 Å². The van der Waals surface area contributed by atoms with Gasteiger partial charge in [-0.3, -0.25) is 4.98 Å². The topological polar surface area (TPSA) is 22.1 Å². The second kappa shape index (κ2) is 7.63. The number of rotatable bonds is 3. The molecule has 32 heavy (non-hydrogen) atoms. The van der Waals surface area contributed by atoms with E-state index in [1.54, 1.807) is 0 Å². The molecule has 2 nitrogen and oxygen atoms in total. The molecule has 0 amide bonds. The fourth-order valence-electron chi connectivity index (χ4n) is 4.95. The van der Waals surface area contributed by atoms with Crippen LogP contribution in [0.3, 0.4) is 0 Å². The van der Waals surface area contributed by atoms with Crippen molar-refractivity contribution in [1.82, 2.24) is 4.98 Å². The molecule has 3 heteroatoms. The fourth-order valence-corrected chi connectivity index (χ4v) is 9.93. The Balaban J connectivity index is 1.77. The Bertz CT molecular complexity index is 1350. The molecule has 1 aliphatic rings. The van der Waals surface area contributed by atoms with E-state index in [1.807, 2.05) is 24.4 Å². The first-order valence-corrected chi connectivity index (χ1v) is 12.8. The van der Waals surface area contributed by atoms with Crippen LogP contribution in [0.4, 0.5) is 0 Å². The second-order valence-corrected chi connectivity index (χ2v) is 11.7. The lowest BCUT2D eigenvalue weighted by Crippen LogP contribution is -2.76. The van der Waals surface area contributed by atoms with Crippen molar-refractivity contribution in [1.29, 1.82) is 0 Å². The number of ether oxygens (including phenoxy) is 1. The van der Waals surface area contributed by atoms with Crippen molar-refractivity contribution >= 4 is 28.8 Å². The molecule has 0 bridgehead atoms. The van der Waals surface area contributed by atoms with Crippen molar-refractivity contribution in [3.8, 4) is 22.8 Å². The SMILES string of the molecule is c1ccc([Si]2(c3ccccc3)c3ccccc3Oc3c(-c4ccccn4)cccc32)cc1. The highest BCUT2D eigenvalue weighted by molar-refractivity contribution is 7.20. The zero-order chi connectivity index (χ0) is 21.4. The van der Waals surface area contributed by atoms with Crippen LogP contribution in [0, 0.1) is 0 Å². The first-order chi connectivity index (χ1) is 15.9. The van der Waals surface area contributed by atoms with Crippen molar-refractivity contribution in [2.75, 3.05) is 0 Å².